The molecule has 0 aromatic carbocycles. The Morgan fingerprint density at radius 1 is 1.23 bits per heavy atom. The largest absolute Gasteiger partial charge is 0.389 e. The minimum Gasteiger partial charge on any atom is -0.389 e. The highest BCUT2D eigenvalue weighted by atomic mass is 16.3. The molecule has 3 fully saturated rings. The Morgan fingerprint density at radius 2 is 2.09 bits per heavy atom. The molecular formula is C21H32O. The van der Waals surface area contributed by atoms with Gasteiger partial charge in [0.2, 0.25) is 0 Å². The topological polar surface area (TPSA) is 20.2 Å². The fourth-order valence-electron chi connectivity index (χ4n) is 6.99. The Morgan fingerprint density at radius 3 is 2.91 bits per heavy atom. The van der Waals surface area contributed by atoms with Gasteiger partial charge >= 0.3 is 0 Å². The first-order valence-corrected chi connectivity index (χ1v) is 9.61. The summed E-state index contributed by atoms with van der Waals surface area (Å²) < 4.78 is 0. The van der Waals surface area contributed by atoms with E-state index >= 15 is 0 Å². The van der Waals surface area contributed by atoms with Crippen molar-refractivity contribution in [1.29, 1.82) is 0 Å². The fraction of sp³-hybridized carbons (Fsp3) is 0.810. The molecule has 3 saturated carbocycles. The molecule has 0 radical (unpaired) electrons. The fourth-order valence-corrected chi connectivity index (χ4v) is 6.99. The van der Waals surface area contributed by atoms with Gasteiger partial charge in [0.05, 0.1) is 5.60 Å². The van der Waals surface area contributed by atoms with Gasteiger partial charge in [0.25, 0.3) is 0 Å². The van der Waals surface area contributed by atoms with E-state index in [0.29, 0.717) is 0 Å². The van der Waals surface area contributed by atoms with Crippen LogP contribution in [-0.2, 0) is 0 Å². The first kappa shape index (κ1) is 15.0. The summed E-state index contributed by atoms with van der Waals surface area (Å²) >= 11 is 0. The molecule has 4 aliphatic carbocycles. The highest BCUT2D eigenvalue weighted by molar-refractivity contribution is 5.20. The maximum Gasteiger partial charge on any atom is 0.0738 e. The van der Waals surface area contributed by atoms with E-state index in [-0.39, 0.29) is 5.41 Å². The number of fused-ring (bicyclic) bond motifs is 5. The van der Waals surface area contributed by atoms with Gasteiger partial charge in [0, 0.05) is 0 Å². The van der Waals surface area contributed by atoms with Gasteiger partial charge in [-0.25, -0.2) is 0 Å². The molecule has 0 spiro atoms. The zero-order valence-electron chi connectivity index (χ0n) is 14.2. The minimum absolute atomic E-state index is 0.137. The molecule has 0 aromatic heterocycles. The summed E-state index contributed by atoms with van der Waals surface area (Å²) in [5, 5.41) is 11.3. The number of hydrogen-bond acceptors (Lipinski definition) is 1. The SMILES string of the molecule is C=CC[C@]1(O)CC[C@@H]2[C@@H]3CCC4=CCCC[C@@H]4[C@H]3CC[C@@]21C. The van der Waals surface area contributed by atoms with Crippen LogP contribution in [0.3, 0.4) is 0 Å². The molecule has 22 heavy (non-hydrogen) atoms. The van der Waals surface area contributed by atoms with Crippen molar-refractivity contribution in [2.75, 3.05) is 0 Å². The maximum absolute atomic E-state index is 11.3. The third-order valence-corrected chi connectivity index (χ3v) is 8.18. The predicted molar refractivity (Wildman–Crippen MR) is 91.5 cm³/mol. The second kappa shape index (κ2) is 5.23. The standard InChI is InChI=1S/C21H32O/c1-3-12-21(22)14-11-19-18-9-8-15-6-4-5-7-16(15)17(18)10-13-20(19,21)2/h3,6,16-19,22H,1,4-5,7-14H2,2H3/t16-,17+,18+,19+,20-,21-/m0/s1. The monoisotopic (exact) mass is 300 g/mol. The molecule has 1 N–H and O–H groups in total. The van der Waals surface area contributed by atoms with Crippen LogP contribution in [-0.4, -0.2) is 10.7 Å². The van der Waals surface area contributed by atoms with Crippen LogP contribution >= 0.6 is 0 Å². The van der Waals surface area contributed by atoms with Gasteiger partial charge in [-0.3, -0.25) is 0 Å². The first-order valence-electron chi connectivity index (χ1n) is 9.61. The van der Waals surface area contributed by atoms with Crippen molar-refractivity contribution in [3.05, 3.63) is 24.3 Å². The molecule has 0 saturated heterocycles. The van der Waals surface area contributed by atoms with Crippen molar-refractivity contribution in [1.82, 2.24) is 0 Å². The van der Waals surface area contributed by atoms with E-state index in [1.165, 1.54) is 51.4 Å². The summed E-state index contributed by atoms with van der Waals surface area (Å²) in [6, 6.07) is 0. The first-order chi connectivity index (χ1) is 10.6. The van der Waals surface area contributed by atoms with Crippen LogP contribution in [0.2, 0.25) is 0 Å². The van der Waals surface area contributed by atoms with Crippen molar-refractivity contribution in [3.8, 4) is 0 Å². The van der Waals surface area contributed by atoms with Crippen molar-refractivity contribution in [2.45, 2.75) is 76.7 Å². The van der Waals surface area contributed by atoms with Crippen LogP contribution < -0.4 is 0 Å². The molecule has 0 heterocycles. The molecular weight excluding hydrogens is 268 g/mol. The lowest BCUT2D eigenvalue weighted by Crippen LogP contribution is -2.52. The van der Waals surface area contributed by atoms with Crippen LogP contribution in [0.4, 0.5) is 0 Å². The molecule has 1 heteroatoms. The zero-order valence-corrected chi connectivity index (χ0v) is 14.2. The van der Waals surface area contributed by atoms with E-state index in [4.69, 9.17) is 0 Å². The molecule has 0 unspecified atom stereocenters. The summed E-state index contributed by atoms with van der Waals surface area (Å²) in [5.41, 5.74) is 1.46. The lowest BCUT2D eigenvalue weighted by molar-refractivity contribution is -0.115. The van der Waals surface area contributed by atoms with Crippen LogP contribution in [0.25, 0.3) is 0 Å². The summed E-state index contributed by atoms with van der Waals surface area (Å²) in [4.78, 5) is 0. The lowest BCUT2D eigenvalue weighted by Gasteiger charge is -2.55. The van der Waals surface area contributed by atoms with Crippen LogP contribution in [0, 0.1) is 29.1 Å². The molecule has 4 aliphatic rings. The molecule has 0 bridgehead atoms. The number of hydrogen-bond donors (Lipinski definition) is 1. The average molecular weight is 300 g/mol. The zero-order chi connectivity index (χ0) is 15.4. The Labute approximate surface area is 135 Å². The Kier molecular flexibility index (Phi) is 3.56. The van der Waals surface area contributed by atoms with E-state index in [0.717, 1.165) is 36.5 Å². The molecule has 0 amide bonds. The van der Waals surface area contributed by atoms with E-state index in [1.807, 2.05) is 6.08 Å². The Balaban J connectivity index is 1.62. The Bertz CT molecular complexity index is 492. The molecule has 122 valence electrons. The molecule has 0 aromatic rings. The summed E-state index contributed by atoms with van der Waals surface area (Å²) in [7, 11) is 0. The normalized spacial score (nSPS) is 50.5. The van der Waals surface area contributed by atoms with Gasteiger partial charge in [0.15, 0.2) is 0 Å². The highest BCUT2D eigenvalue weighted by Crippen LogP contribution is 2.65. The van der Waals surface area contributed by atoms with Gasteiger partial charge in [-0.05, 0) is 93.3 Å². The number of allylic oxidation sites excluding steroid dienone is 2. The van der Waals surface area contributed by atoms with Crippen LogP contribution in [0.15, 0.2) is 24.3 Å². The quantitative estimate of drug-likeness (QED) is 0.690. The Hall–Kier alpha value is -0.560. The van der Waals surface area contributed by atoms with Crippen molar-refractivity contribution in [2.24, 2.45) is 29.1 Å². The van der Waals surface area contributed by atoms with Gasteiger partial charge in [-0.2, -0.15) is 0 Å². The maximum atomic E-state index is 11.3. The average Bonchev–Trinajstić information content (AvgIpc) is 2.79. The van der Waals surface area contributed by atoms with Crippen LogP contribution in [0.1, 0.15) is 71.1 Å². The summed E-state index contributed by atoms with van der Waals surface area (Å²) in [6.07, 6.45) is 17.0. The van der Waals surface area contributed by atoms with E-state index in [9.17, 15) is 5.11 Å². The van der Waals surface area contributed by atoms with E-state index < -0.39 is 5.60 Å². The van der Waals surface area contributed by atoms with Crippen molar-refractivity contribution < 1.29 is 5.11 Å². The lowest BCUT2D eigenvalue weighted by atomic mass is 9.50. The van der Waals surface area contributed by atoms with E-state index in [1.54, 1.807) is 5.57 Å². The molecule has 4 rings (SSSR count). The van der Waals surface area contributed by atoms with Crippen LogP contribution in [0.5, 0.6) is 0 Å². The van der Waals surface area contributed by atoms with Crippen molar-refractivity contribution in [3.63, 3.8) is 0 Å². The van der Waals surface area contributed by atoms with Gasteiger partial charge < -0.3 is 5.11 Å². The van der Waals surface area contributed by atoms with Gasteiger partial charge in [-0.1, -0.05) is 24.6 Å². The smallest absolute Gasteiger partial charge is 0.0738 e. The second-order valence-electron chi connectivity index (χ2n) is 8.81. The van der Waals surface area contributed by atoms with Gasteiger partial charge in [0.1, 0.15) is 0 Å². The number of aliphatic hydroxyl groups is 1. The summed E-state index contributed by atoms with van der Waals surface area (Å²) in [5.74, 6) is 3.44. The van der Waals surface area contributed by atoms with Crippen molar-refractivity contribution >= 4 is 0 Å². The van der Waals surface area contributed by atoms with E-state index in [2.05, 4.69) is 19.6 Å². The number of rotatable bonds is 2. The molecule has 1 nitrogen and oxygen atoms in total. The predicted octanol–water partition coefficient (Wildman–Crippen LogP) is 5.26. The van der Waals surface area contributed by atoms with Gasteiger partial charge in [-0.15, -0.1) is 6.58 Å². The molecule has 6 atom stereocenters. The minimum atomic E-state index is -0.479. The highest BCUT2D eigenvalue weighted by Gasteiger charge is 2.61. The summed E-state index contributed by atoms with van der Waals surface area (Å²) in [6.45, 7) is 6.31. The second-order valence-corrected chi connectivity index (χ2v) is 8.81. The third kappa shape index (κ3) is 1.94. The third-order valence-electron chi connectivity index (χ3n) is 8.18. The molecule has 0 aliphatic heterocycles.